The molecule has 0 aromatic heterocycles. The van der Waals surface area contributed by atoms with Crippen LogP contribution in [0.15, 0.2) is 48.5 Å². The van der Waals surface area contributed by atoms with E-state index in [1.165, 1.54) is 0 Å². The van der Waals surface area contributed by atoms with Gasteiger partial charge in [-0.2, -0.15) is 0 Å². The van der Waals surface area contributed by atoms with Crippen molar-refractivity contribution in [3.8, 4) is 5.75 Å². The van der Waals surface area contributed by atoms with Crippen molar-refractivity contribution in [1.29, 1.82) is 0 Å². The van der Waals surface area contributed by atoms with Gasteiger partial charge in [0.15, 0.2) is 0 Å². The number of methoxy groups -OCH3 is 1. The average molecular weight is 305 g/mol. The van der Waals surface area contributed by atoms with Crippen LogP contribution in [0.2, 0.25) is 5.02 Å². The molecule has 2 aromatic carbocycles. The number of likely N-dealkylation sites (N-methyl/N-ethyl adjacent to an activating group) is 1. The molecule has 0 saturated heterocycles. The zero-order valence-electron chi connectivity index (χ0n) is 12.0. The summed E-state index contributed by atoms with van der Waals surface area (Å²) in [5.41, 5.74) is 1.54. The standard InChI is InChI=1S/C16H17ClN2O2/c1-19(13-6-4-3-5-7-13)16(20)11-18-14-10-12(17)8-9-15(14)21-2/h3-10,18H,11H2,1-2H3. The number of hydrogen-bond acceptors (Lipinski definition) is 3. The van der Waals surface area contributed by atoms with Gasteiger partial charge in [0.25, 0.3) is 0 Å². The molecule has 5 heteroatoms. The number of carbonyl (C=O) groups excluding carboxylic acids is 1. The molecule has 1 N–H and O–H groups in total. The lowest BCUT2D eigenvalue weighted by Gasteiger charge is -2.18. The summed E-state index contributed by atoms with van der Waals surface area (Å²) in [6.45, 7) is 0.155. The van der Waals surface area contributed by atoms with Crippen molar-refractivity contribution in [2.75, 3.05) is 30.9 Å². The third kappa shape index (κ3) is 3.89. The Bertz CT molecular complexity index is 617. The van der Waals surface area contributed by atoms with Crippen molar-refractivity contribution in [3.05, 3.63) is 53.6 Å². The second kappa shape index (κ2) is 6.99. The molecule has 0 heterocycles. The van der Waals surface area contributed by atoms with E-state index in [0.29, 0.717) is 16.5 Å². The lowest BCUT2D eigenvalue weighted by atomic mass is 10.2. The first kappa shape index (κ1) is 15.2. The number of benzene rings is 2. The number of hydrogen-bond donors (Lipinski definition) is 1. The van der Waals surface area contributed by atoms with E-state index in [1.54, 1.807) is 37.3 Å². The smallest absolute Gasteiger partial charge is 0.246 e. The molecule has 21 heavy (non-hydrogen) atoms. The van der Waals surface area contributed by atoms with Crippen LogP contribution < -0.4 is 15.0 Å². The molecule has 0 unspecified atom stereocenters. The molecular weight excluding hydrogens is 288 g/mol. The number of carbonyl (C=O) groups is 1. The van der Waals surface area contributed by atoms with Gasteiger partial charge in [0.05, 0.1) is 19.3 Å². The van der Waals surface area contributed by atoms with Crippen LogP contribution in [0.1, 0.15) is 0 Å². The van der Waals surface area contributed by atoms with Gasteiger partial charge < -0.3 is 15.0 Å². The summed E-state index contributed by atoms with van der Waals surface area (Å²) < 4.78 is 5.23. The number of halogens is 1. The Hall–Kier alpha value is -2.20. The van der Waals surface area contributed by atoms with E-state index < -0.39 is 0 Å². The van der Waals surface area contributed by atoms with Gasteiger partial charge in [-0.1, -0.05) is 29.8 Å². The zero-order valence-corrected chi connectivity index (χ0v) is 12.7. The SMILES string of the molecule is COc1ccc(Cl)cc1NCC(=O)N(C)c1ccccc1. The van der Waals surface area contributed by atoms with Gasteiger partial charge >= 0.3 is 0 Å². The van der Waals surface area contributed by atoms with Crippen molar-refractivity contribution in [1.82, 2.24) is 0 Å². The number of rotatable bonds is 5. The molecule has 2 aromatic rings. The minimum absolute atomic E-state index is 0.0526. The van der Waals surface area contributed by atoms with Crippen LogP contribution in [0, 0.1) is 0 Å². The van der Waals surface area contributed by atoms with Crippen molar-refractivity contribution in [2.45, 2.75) is 0 Å². The van der Waals surface area contributed by atoms with Crippen molar-refractivity contribution in [2.24, 2.45) is 0 Å². The molecule has 0 fully saturated rings. The lowest BCUT2D eigenvalue weighted by molar-refractivity contribution is -0.116. The minimum Gasteiger partial charge on any atom is -0.495 e. The number of para-hydroxylation sites is 1. The van der Waals surface area contributed by atoms with E-state index in [2.05, 4.69) is 5.32 Å². The minimum atomic E-state index is -0.0526. The van der Waals surface area contributed by atoms with Gasteiger partial charge in [0.1, 0.15) is 5.75 Å². The van der Waals surface area contributed by atoms with Gasteiger partial charge in [-0.05, 0) is 30.3 Å². The number of amides is 1. The lowest BCUT2D eigenvalue weighted by Crippen LogP contribution is -2.32. The highest BCUT2D eigenvalue weighted by molar-refractivity contribution is 6.30. The maximum Gasteiger partial charge on any atom is 0.246 e. The van der Waals surface area contributed by atoms with E-state index in [9.17, 15) is 4.79 Å². The Morgan fingerprint density at radius 1 is 1.24 bits per heavy atom. The van der Waals surface area contributed by atoms with Crippen LogP contribution in [0.25, 0.3) is 0 Å². The number of anilines is 2. The summed E-state index contributed by atoms with van der Waals surface area (Å²) in [4.78, 5) is 13.8. The van der Waals surface area contributed by atoms with Crippen LogP contribution in [0.3, 0.4) is 0 Å². The van der Waals surface area contributed by atoms with Crippen LogP contribution in [-0.4, -0.2) is 26.6 Å². The Labute approximate surface area is 129 Å². The maximum atomic E-state index is 12.2. The highest BCUT2D eigenvalue weighted by Crippen LogP contribution is 2.27. The highest BCUT2D eigenvalue weighted by Gasteiger charge is 2.11. The maximum absolute atomic E-state index is 12.2. The largest absolute Gasteiger partial charge is 0.495 e. The van der Waals surface area contributed by atoms with Crippen LogP contribution >= 0.6 is 11.6 Å². The third-order valence-electron chi connectivity index (χ3n) is 3.11. The average Bonchev–Trinajstić information content (AvgIpc) is 2.52. The summed E-state index contributed by atoms with van der Waals surface area (Å²) >= 11 is 5.96. The summed E-state index contributed by atoms with van der Waals surface area (Å²) in [6, 6.07) is 14.7. The van der Waals surface area contributed by atoms with E-state index in [4.69, 9.17) is 16.3 Å². The van der Waals surface area contributed by atoms with Gasteiger partial charge in [-0.15, -0.1) is 0 Å². The van der Waals surface area contributed by atoms with E-state index in [0.717, 1.165) is 5.69 Å². The predicted octanol–water partition coefficient (Wildman–Crippen LogP) is 3.42. The molecule has 0 spiro atoms. The molecule has 0 saturated carbocycles. The molecule has 4 nitrogen and oxygen atoms in total. The summed E-state index contributed by atoms with van der Waals surface area (Å²) in [5.74, 6) is 0.595. The van der Waals surface area contributed by atoms with Crippen molar-refractivity contribution >= 4 is 28.9 Å². The Balaban J connectivity index is 2.03. The monoisotopic (exact) mass is 304 g/mol. The van der Waals surface area contributed by atoms with E-state index in [-0.39, 0.29) is 12.5 Å². The number of ether oxygens (including phenoxy) is 1. The third-order valence-corrected chi connectivity index (χ3v) is 3.34. The normalized spacial score (nSPS) is 10.0. The van der Waals surface area contributed by atoms with E-state index in [1.807, 2.05) is 30.3 Å². The highest BCUT2D eigenvalue weighted by atomic mass is 35.5. The fourth-order valence-corrected chi connectivity index (χ4v) is 2.08. The van der Waals surface area contributed by atoms with E-state index >= 15 is 0 Å². The van der Waals surface area contributed by atoms with Gasteiger partial charge in [0.2, 0.25) is 5.91 Å². The predicted molar refractivity (Wildman–Crippen MR) is 86.3 cm³/mol. The van der Waals surface area contributed by atoms with Crippen molar-refractivity contribution in [3.63, 3.8) is 0 Å². The van der Waals surface area contributed by atoms with Gasteiger partial charge in [0, 0.05) is 17.8 Å². The Morgan fingerprint density at radius 3 is 2.62 bits per heavy atom. The molecule has 2 rings (SSSR count). The molecule has 110 valence electrons. The Kier molecular flexibility index (Phi) is 5.06. The molecule has 0 bridgehead atoms. The van der Waals surface area contributed by atoms with Crippen LogP contribution in [0.4, 0.5) is 11.4 Å². The second-order valence-electron chi connectivity index (χ2n) is 4.49. The first-order chi connectivity index (χ1) is 10.1. The van der Waals surface area contributed by atoms with Crippen LogP contribution in [0.5, 0.6) is 5.75 Å². The number of nitrogens with one attached hydrogen (secondary N) is 1. The first-order valence-electron chi connectivity index (χ1n) is 6.51. The van der Waals surface area contributed by atoms with Crippen LogP contribution in [-0.2, 0) is 4.79 Å². The molecular formula is C16H17ClN2O2. The van der Waals surface area contributed by atoms with Gasteiger partial charge in [-0.3, -0.25) is 4.79 Å². The summed E-state index contributed by atoms with van der Waals surface area (Å²) in [7, 11) is 3.32. The zero-order chi connectivity index (χ0) is 15.2. The van der Waals surface area contributed by atoms with Gasteiger partial charge in [-0.25, -0.2) is 0 Å². The molecule has 0 aliphatic rings. The Morgan fingerprint density at radius 2 is 1.95 bits per heavy atom. The fraction of sp³-hybridized carbons (Fsp3) is 0.188. The summed E-state index contributed by atoms with van der Waals surface area (Å²) in [5, 5.41) is 3.64. The molecule has 0 aliphatic heterocycles. The summed E-state index contributed by atoms with van der Waals surface area (Å²) in [6.07, 6.45) is 0. The fourth-order valence-electron chi connectivity index (χ4n) is 1.90. The topological polar surface area (TPSA) is 41.6 Å². The number of nitrogens with zero attached hydrogens (tertiary/aromatic N) is 1. The molecule has 1 amide bonds. The molecule has 0 aliphatic carbocycles. The first-order valence-corrected chi connectivity index (χ1v) is 6.88. The van der Waals surface area contributed by atoms with Crippen molar-refractivity contribution < 1.29 is 9.53 Å². The molecule has 0 atom stereocenters. The quantitative estimate of drug-likeness (QED) is 0.920. The second-order valence-corrected chi connectivity index (χ2v) is 4.92. The molecule has 0 radical (unpaired) electrons.